The Labute approximate surface area is 130 Å². The second-order valence-corrected chi connectivity index (χ2v) is 5.76. The van der Waals surface area contributed by atoms with Crippen LogP contribution in [-0.4, -0.2) is 40.8 Å². The molecular formula is C17H21N3O2. The van der Waals surface area contributed by atoms with Gasteiger partial charge in [-0.3, -0.25) is 14.7 Å². The molecule has 0 aromatic carbocycles. The summed E-state index contributed by atoms with van der Waals surface area (Å²) in [6.45, 7) is 2.48. The summed E-state index contributed by atoms with van der Waals surface area (Å²) in [6.07, 6.45) is 9.15. The van der Waals surface area contributed by atoms with Crippen LogP contribution in [0.3, 0.4) is 0 Å². The molecule has 116 valence electrons. The summed E-state index contributed by atoms with van der Waals surface area (Å²) in [5.41, 5.74) is 1.97. The van der Waals surface area contributed by atoms with Crippen LogP contribution in [0.25, 0.3) is 0 Å². The van der Waals surface area contributed by atoms with Gasteiger partial charge in [0.15, 0.2) is 0 Å². The average molecular weight is 299 g/mol. The van der Waals surface area contributed by atoms with E-state index in [9.17, 15) is 4.79 Å². The number of nitrogens with zero attached hydrogens (tertiary/aromatic N) is 3. The van der Waals surface area contributed by atoms with Gasteiger partial charge in [0.2, 0.25) is 5.91 Å². The number of carbonyl (C=O) groups is 1. The highest BCUT2D eigenvalue weighted by Crippen LogP contribution is 2.26. The van der Waals surface area contributed by atoms with Gasteiger partial charge in [-0.1, -0.05) is 6.07 Å². The van der Waals surface area contributed by atoms with Crippen molar-refractivity contribution in [2.45, 2.75) is 25.4 Å². The van der Waals surface area contributed by atoms with Crippen molar-refractivity contribution >= 4 is 5.91 Å². The minimum absolute atomic E-state index is 0.108. The van der Waals surface area contributed by atoms with Crippen LogP contribution < -0.4 is 0 Å². The first-order valence-electron chi connectivity index (χ1n) is 7.66. The molecule has 0 aliphatic carbocycles. The molecule has 2 aromatic heterocycles. The van der Waals surface area contributed by atoms with Crippen molar-refractivity contribution in [2.24, 2.45) is 0 Å². The molecule has 5 heteroatoms. The summed E-state index contributed by atoms with van der Waals surface area (Å²) >= 11 is 0. The Morgan fingerprint density at radius 1 is 1.41 bits per heavy atom. The van der Waals surface area contributed by atoms with Crippen LogP contribution in [0.5, 0.6) is 0 Å². The van der Waals surface area contributed by atoms with E-state index in [1.165, 1.54) is 0 Å². The Morgan fingerprint density at radius 2 is 2.23 bits per heavy atom. The van der Waals surface area contributed by atoms with E-state index in [4.69, 9.17) is 4.42 Å². The Hall–Kier alpha value is -2.14. The summed E-state index contributed by atoms with van der Waals surface area (Å²) in [5, 5.41) is 0. The molecule has 1 unspecified atom stereocenters. The second-order valence-electron chi connectivity index (χ2n) is 5.76. The molecule has 3 heterocycles. The zero-order valence-corrected chi connectivity index (χ0v) is 12.8. The molecular weight excluding hydrogens is 278 g/mol. The molecule has 1 aliphatic heterocycles. The van der Waals surface area contributed by atoms with Crippen LogP contribution in [-0.2, 0) is 11.3 Å². The van der Waals surface area contributed by atoms with Crippen LogP contribution in [0, 0.1) is 0 Å². The standard InChI is InChI=1S/C17H21N3O2/c1-19(12-14-6-10-22-13-14)17(21)16(20-8-2-3-9-20)15-5-4-7-18-11-15/h4-7,10-11,13,16H,2-3,8-9,12H2,1H3. The predicted molar refractivity (Wildman–Crippen MR) is 83.0 cm³/mol. The van der Waals surface area contributed by atoms with E-state index in [-0.39, 0.29) is 11.9 Å². The molecule has 1 amide bonds. The highest BCUT2D eigenvalue weighted by molar-refractivity contribution is 5.83. The van der Waals surface area contributed by atoms with Gasteiger partial charge >= 0.3 is 0 Å². The maximum atomic E-state index is 13.0. The van der Waals surface area contributed by atoms with E-state index >= 15 is 0 Å². The number of likely N-dealkylation sites (tertiary alicyclic amines) is 1. The van der Waals surface area contributed by atoms with E-state index in [0.29, 0.717) is 6.54 Å². The van der Waals surface area contributed by atoms with Crippen molar-refractivity contribution in [1.82, 2.24) is 14.8 Å². The Balaban J connectivity index is 1.80. The van der Waals surface area contributed by atoms with Gasteiger partial charge < -0.3 is 9.32 Å². The Bertz CT molecular complexity index is 592. The van der Waals surface area contributed by atoms with Crippen molar-refractivity contribution in [2.75, 3.05) is 20.1 Å². The number of pyridine rings is 1. The van der Waals surface area contributed by atoms with Gasteiger partial charge in [-0.05, 0) is 43.6 Å². The molecule has 1 fully saturated rings. The fourth-order valence-corrected chi connectivity index (χ4v) is 2.99. The van der Waals surface area contributed by atoms with Crippen molar-refractivity contribution in [3.8, 4) is 0 Å². The molecule has 0 bridgehead atoms. The molecule has 0 N–H and O–H groups in total. The van der Waals surface area contributed by atoms with Crippen LogP contribution in [0.4, 0.5) is 0 Å². The average Bonchev–Trinajstić information content (AvgIpc) is 3.22. The summed E-state index contributed by atoms with van der Waals surface area (Å²) in [5.74, 6) is 0.108. The summed E-state index contributed by atoms with van der Waals surface area (Å²) in [6, 6.07) is 5.52. The highest BCUT2D eigenvalue weighted by Gasteiger charge is 2.31. The molecule has 1 aliphatic rings. The number of carbonyl (C=O) groups excluding carboxylic acids is 1. The van der Waals surface area contributed by atoms with Crippen molar-refractivity contribution in [3.63, 3.8) is 0 Å². The number of hydrogen-bond acceptors (Lipinski definition) is 4. The molecule has 1 saturated heterocycles. The van der Waals surface area contributed by atoms with E-state index in [1.807, 2.05) is 25.2 Å². The summed E-state index contributed by atoms with van der Waals surface area (Å²) in [4.78, 5) is 21.2. The van der Waals surface area contributed by atoms with Gasteiger partial charge in [0, 0.05) is 31.5 Å². The van der Waals surface area contributed by atoms with Gasteiger partial charge in [-0.15, -0.1) is 0 Å². The van der Waals surface area contributed by atoms with E-state index < -0.39 is 0 Å². The van der Waals surface area contributed by atoms with Gasteiger partial charge in [0.1, 0.15) is 6.04 Å². The molecule has 1 atom stereocenters. The lowest BCUT2D eigenvalue weighted by atomic mass is 10.1. The third kappa shape index (κ3) is 3.20. The SMILES string of the molecule is CN(Cc1ccoc1)C(=O)C(c1cccnc1)N1CCCC1. The third-order valence-electron chi connectivity index (χ3n) is 4.12. The first-order chi connectivity index (χ1) is 10.8. The fourth-order valence-electron chi connectivity index (χ4n) is 2.99. The quantitative estimate of drug-likeness (QED) is 0.851. The lowest BCUT2D eigenvalue weighted by Gasteiger charge is -2.30. The van der Waals surface area contributed by atoms with Crippen molar-refractivity contribution < 1.29 is 9.21 Å². The van der Waals surface area contributed by atoms with Gasteiger partial charge in [0.25, 0.3) is 0 Å². The van der Waals surface area contributed by atoms with E-state index in [1.54, 1.807) is 29.8 Å². The molecule has 0 radical (unpaired) electrons. The normalized spacial score (nSPS) is 16.6. The number of amides is 1. The van der Waals surface area contributed by atoms with E-state index in [2.05, 4.69) is 9.88 Å². The molecule has 0 saturated carbocycles. The third-order valence-corrected chi connectivity index (χ3v) is 4.12. The highest BCUT2D eigenvalue weighted by atomic mass is 16.3. The minimum Gasteiger partial charge on any atom is -0.472 e. The lowest BCUT2D eigenvalue weighted by molar-refractivity contribution is -0.136. The van der Waals surface area contributed by atoms with E-state index in [0.717, 1.165) is 37.1 Å². The topological polar surface area (TPSA) is 49.6 Å². The zero-order chi connectivity index (χ0) is 15.4. The first-order valence-corrected chi connectivity index (χ1v) is 7.66. The summed E-state index contributed by atoms with van der Waals surface area (Å²) < 4.78 is 5.08. The molecule has 2 aromatic rings. The Kier molecular flexibility index (Phi) is 4.53. The maximum absolute atomic E-state index is 13.0. The van der Waals surface area contributed by atoms with Crippen molar-refractivity contribution in [3.05, 3.63) is 54.2 Å². The predicted octanol–water partition coefficient (Wildman–Crippen LogP) is 2.47. The minimum atomic E-state index is -0.242. The zero-order valence-electron chi connectivity index (χ0n) is 12.8. The number of aromatic nitrogens is 1. The second kappa shape index (κ2) is 6.75. The number of likely N-dealkylation sites (N-methyl/N-ethyl adjacent to an activating group) is 1. The molecule has 3 rings (SSSR count). The first kappa shape index (κ1) is 14.8. The van der Waals surface area contributed by atoms with Gasteiger partial charge in [0.05, 0.1) is 12.5 Å². The maximum Gasteiger partial charge on any atom is 0.244 e. The number of hydrogen-bond donors (Lipinski definition) is 0. The summed E-state index contributed by atoms with van der Waals surface area (Å²) in [7, 11) is 1.84. The Morgan fingerprint density at radius 3 is 2.86 bits per heavy atom. The monoisotopic (exact) mass is 299 g/mol. The smallest absolute Gasteiger partial charge is 0.244 e. The molecule has 5 nitrogen and oxygen atoms in total. The van der Waals surface area contributed by atoms with Crippen LogP contribution in [0.1, 0.15) is 30.0 Å². The lowest BCUT2D eigenvalue weighted by Crippen LogP contribution is -2.40. The van der Waals surface area contributed by atoms with Crippen molar-refractivity contribution in [1.29, 1.82) is 0 Å². The van der Waals surface area contributed by atoms with Gasteiger partial charge in [-0.25, -0.2) is 0 Å². The number of rotatable bonds is 5. The fraction of sp³-hybridized carbons (Fsp3) is 0.412. The van der Waals surface area contributed by atoms with Crippen LogP contribution >= 0.6 is 0 Å². The van der Waals surface area contributed by atoms with Crippen LogP contribution in [0.2, 0.25) is 0 Å². The molecule has 22 heavy (non-hydrogen) atoms. The van der Waals surface area contributed by atoms with Crippen LogP contribution in [0.15, 0.2) is 47.5 Å². The molecule has 0 spiro atoms. The number of furan rings is 1. The van der Waals surface area contributed by atoms with Gasteiger partial charge in [-0.2, -0.15) is 0 Å². The largest absolute Gasteiger partial charge is 0.472 e.